The van der Waals surface area contributed by atoms with Gasteiger partial charge in [-0.3, -0.25) is 4.79 Å². The molecule has 1 aromatic carbocycles. The van der Waals surface area contributed by atoms with E-state index in [4.69, 9.17) is 4.52 Å². The summed E-state index contributed by atoms with van der Waals surface area (Å²) < 4.78 is 44.7. The Morgan fingerprint density at radius 3 is 2.70 bits per heavy atom. The van der Waals surface area contributed by atoms with Crippen LogP contribution in [0.5, 0.6) is 0 Å². The van der Waals surface area contributed by atoms with Crippen molar-refractivity contribution in [2.24, 2.45) is 0 Å². The van der Waals surface area contributed by atoms with Crippen molar-refractivity contribution in [2.75, 3.05) is 5.32 Å². The maximum Gasteiger partial charge on any atom is 0.433 e. The number of rotatable bonds is 4. The van der Waals surface area contributed by atoms with E-state index in [1.54, 1.807) is 31.2 Å². The third-order valence-corrected chi connectivity index (χ3v) is 5.37. The first kappa shape index (κ1) is 20.2. The van der Waals surface area contributed by atoms with Crippen molar-refractivity contribution < 1.29 is 22.5 Å². The molecule has 2 atom stereocenters. The Balaban J connectivity index is 1.52. The van der Waals surface area contributed by atoms with Gasteiger partial charge in [0.15, 0.2) is 0 Å². The number of aryl methyl sites for hydroxylation is 1. The summed E-state index contributed by atoms with van der Waals surface area (Å²) in [6.45, 7) is 1.69. The lowest BCUT2D eigenvalue weighted by Crippen LogP contribution is -2.42. The van der Waals surface area contributed by atoms with Gasteiger partial charge < -0.3 is 15.2 Å². The fourth-order valence-electron chi connectivity index (χ4n) is 3.89. The van der Waals surface area contributed by atoms with Crippen molar-refractivity contribution in [3.8, 4) is 0 Å². The van der Waals surface area contributed by atoms with Crippen LogP contribution in [-0.4, -0.2) is 28.1 Å². The molecule has 3 aromatic rings. The van der Waals surface area contributed by atoms with E-state index < -0.39 is 11.9 Å². The number of hydrogen-bond donors (Lipinski definition) is 2. The van der Waals surface area contributed by atoms with Crippen LogP contribution in [0, 0.1) is 6.92 Å². The fourth-order valence-corrected chi connectivity index (χ4v) is 3.89. The van der Waals surface area contributed by atoms with Crippen LogP contribution in [0.1, 0.15) is 47.4 Å². The van der Waals surface area contributed by atoms with E-state index >= 15 is 0 Å². The minimum Gasteiger partial charge on any atom is -0.382 e. The van der Waals surface area contributed by atoms with Crippen molar-refractivity contribution in [1.29, 1.82) is 0 Å². The molecule has 2 N–H and O–H groups in total. The van der Waals surface area contributed by atoms with Gasteiger partial charge in [0.1, 0.15) is 17.5 Å². The van der Waals surface area contributed by atoms with E-state index in [0.717, 1.165) is 25.3 Å². The standard InChI is InChI=1S/C21H21F3N4O2/c1-12-16(11-30-28-12)20(29)26-14-6-4-5-13(9-14)25-18-10-19(21(22,23)24)27-17-8-3-2-7-15(17)18/h2-3,7-8,10-11,13-14H,4-6,9H2,1H3,(H,25,27)(H,26,29)/t13-,14+/m0/s1. The van der Waals surface area contributed by atoms with Crippen molar-refractivity contribution in [3.63, 3.8) is 0 Å². The summed E-state index contributed by atoms with van der Waals surface area (Å²) >= 11 is 0. The first-order valence-corrected chi connectivity index (χ1v) is 9.76. The Kier molecular flexibility index (Phi) is 5.36. The quantitative estimate of drug-likeness (QED) is 0.642. The van der Waals surface area contributed by atoms with Crippen LogP contribution < -0.4 is 10.6 Å². The molecule has 1 fully saturated rings. The molecule has 2 heterocycles. The molecule has 4 rings (SSSR count). The molecule has 30 heavy (non-hydrogen) atoms. The Morgan fingerprint density at radius 1 is 1.20 bits per heavy atom. The lowest BCUT2D eigenvalue weighted by atomic mass is 9.90. The van der Waals surface area contributed by atoms with E-state index in [2.05, 4.69) is 20.8 Å². The van der Waals surface area contributed by atoms with Crippen LogP contribution in [0.15, 0.2) is 41.1 Å². The molecular weight excluding hydrogens is 397 g/mol. The molecule has 9 heteroatoms. The highest BCUT2D eigenvalue weighted by atomic mass is 19.4. The molecule has 0 aliphatic heterocycles. The number of carbonyl (C=O) groups is 1. The van der Waals surface area contributed by atoms with Gasteiger partial charge in [0.25, 0.3) is 5.91 Å². The number of pyridine rings is 1. The number of nitrogens with zero attached hydrogens (tertiary/aromatic N) is 2. The first-order valence-electron chi connectivity index (χ1n) is 9.76. The van der Waals surface area contributed by atoms with Gasteiger partial charge in [0, 0.05) is 23.2 Å². The van der Waals surface area contributed by atoms with E-state index in [1.807, 2.05) is 0 Å². The molecule has 6 nitrogen and oxygen atoms in total. The van der Waals surface area contributed by atoms with Crippen LogP contribution in [0.4, 0.5) is 18.9 Å². The number of nitrogens with one attached hydrogen (secondary N) is 2. The summed E-state index contributed by atoms with van der Waals surface area (Å²) in [5.41, 5.74) is 0.673. The largest absolute Gasteiger partial charge is 0.433 e. The molecule has 1 amide bonds. The molecule has 0 spiro atoms. The maximum atomic E-state index is 13.3. The minimum absolute atomic E-state index is 0.0699. The van der Waals surface area contributed by atoms with Crippen LogP contribution in [0.3, 0.4) is 0 Å². The van der Waals surface area contributed by atoms with E-state index in [-0.39, 0.29) is 18.0 Å². The van der Waals surface area contributed by atoms with Crippen LogP contribution in [0.2, 0.25) is 0 Å². The Hall–Kier alpha value is -3.10. The lowest BCUT2D eigenvalue weighted by molar-refractivity contribution is -0.140. The second-order valence-corrected chi connectivity index (χ2v) is 7.56. The summed E-state index contributed by atoms with van der Waals surface area (Å²) in [5.74, 6) is -0.256. The second kappa shape index (κ2) is 7.97. The fraction of sp³-hybridized carbons (Fsp3) is 0.381. The topological polar surface area (TPSA) is 80.0 Å². The van der Waals surface area contributed by atoms with Gasteiger partial charge in [-0.15, -0.1) is 0 Å². The summed E-state index contributed by atoms with van der Waals surface area (Å²) in [7, 11) is 0. The van der Waals surface area contributed by atoms with Crippen molar-refractivity contribution in [2.45, 2.75) is 50.9 Å². The third-order valence-electron chi connectivity index (χ3n) is 5.37. The van der Waals surface area contributed by atoms with E-state index in [1.165, 1.54) is 6.26 Å². The van der Waals surface area contributed by atoms with Crippen molar-refractivity contribution in [3.05, 3.63) is 53.5 Å². The summed E-state index contributed by atoms with van der Waals surface area (Å²) in [5, 5.41) is 10.6. The van der Waals surface area contributed by atoms with Crippen LogP contribution in [0.25, 0.3) is 10.9 Å². The molecule has 1 aliphatic carbocycles. The zero-order valence-corrected chi connectivity index (χ0v) is 16.3. The predicted molar refractivity (Wildman–Crippen MR) is 105 cm³/mol. The average Bonchev–Trinajstić information content (AvgIpc) is 3.13. The number of alkyl halides is 3. The predicted octanol–water partition coefficient (Wildman–Crippen LogP) is 4.70. The van der Waals surface area contributed by atoms with Crippen molar-refractivity contribution >= 4 is 22.5 Å². The molecular formula is C21H21F3N4O2. The number of carbonyl (C=O) groups excluding carboxylic acids is 1. The number of anilines is 1. The Morgan fingerprint density at radius 2 is 1.97 bits per heavy atom. The van der Waals surface area contributed by atoms with Gasteiger partial charge in [-0.05, 0) is 44.7 Å². The number of benzene rings is 1. The molecule has 2 aromatic heterocycles. The van der Waals surface area contributed by atoms with E-state index in [9.17, 15) is 18.0 Å². The average molecular weight is 418 g/mol. The molecule has 0 radical (unpaired) electrons. The SMILES string of the molecule is Cc1nocc1C(=O)N[C@@H]1CCC[C@H](Nc2cc(C(F)(F)F)nc3ccccc23)C1. The zero-order chi connectivity index (χ0) is 21.3. The highest BCUT2D eigenvalue weighted by Crippen LogP contribution is 2.34. The number of fused-ring (bicyclic) bond motifs is 1. The van der Waals surface area contributed by atoms with Crippen LogP contribution in [-0.2, 0) is 6.18 Å². The number of amides is 1. The summed E-state index contributed by atoms with van der Waals surface area (Å²) in [6.07, 6.45) is -0.157. The smallest absolute Gasteiger partial charge is 0.382 e. The van der Waals surface area contributed by atoms with Crippen molar-refractivity contribution in [1.82, 2.24) is 15.5 Å². The maximum absolute atomic E-state index is 13.3. The highest BCUT2D eigenvalue weighted by molar-refractivity contribution is 5.95. The van der Waals surface area contributed by atoms with Gasteiger partial charge in [0.2, 0.25) is 0 Å². The molecule has 0 unspecified atom stereocenters. The molecule has 0 bridgehead atoms. The zero-order valence-electron chi connectivity index (χ0n) is 16.3. The Bertz CT molecular complexity index is 1060. The van der Waals surface area contributed by atoms with Gasteiger partial charge in [0.05, 0.1) is 11.2 Å². The van der Waals surface area contributed by atoms with E-state index in [0.29, 0.717) is 34.3 Å². The second-order valence-electron chi connectivity index (χ2n) is 7.56. The molecule has 158 valence electrons. The highest BCUT2D eigenvalue weighted by Gasteiger charge is 2.34. The van der Waals surface area contributed by atoms with Gasteiger partial charge in [-0.1, -0.05) is 23.4 Å². The Labute approximate surface area is 170 Å². The van der Waals surface area contributed by atoms with Gasteiger partial charge in [-0.25, -0.2) is 4.98 Å². The first-order chi connectivity index (χ1) is 14.3. The number of aromatic nitrogens is 2. The molecule has 1 aliphatic rings. The number of halogens is 3. The minimum atomic E-state index is -4.53. The molecule has 0 saturated heterocycles. The van der Waals surface area contributed by atoms with Crippen LogP contribution >= 0.6 is 0 Å². The summed E-state index contributed by atoms with van der Waals surface area (Å²) in [4.78, 5) is 16.2. The lowest BCUT2D eigenvalue weighted by Gasteiger charge is -2.31. The third kappa shape index (κ3) is 4.24. The number of para-hydroxylation sites is 1. The summed E-state index contributed by atoms with van der Waals surface area (Å²) in [6, 6.07) is 7.66. The monoisotopic (exact) mass is 418 g/mol. The normalized spacial score (nSPS) is 19.6. The molecule has 1 saturated carbocycles. The van der Waals surface area contributed by atoms with Gasteiger partial charge in [-0.2, -0.15) is 13.2 Å². The number of hydrogen-bond acceptors (Lipinski definition) is 5. The van der Waals surface area contributed by atoms with Gasteiger partial charge >= 0.3 is 6.18 Å².